The van der Waals surface area contributed by atoms with Crippen LogP contribution < -0.4 is 0 Å². The van der Waals surface area contributed by atoms with E-state index >= 15 is 0 Å². The van der Waals surface area contributed by atoms with Crippen LogP contribution in [0.1, 0.15) is 45.4 Å². The zero-order chi connectivity index (χ0) is 9.47. The molecule has 1 heterocycles. The van der Waals surface area contributed by atoms with Gasteiger partial charge >= 0.3 is 0 Å². The van der Waals surface area contributed by atoms with Crippen molar-refractivity contribution >= 4 is 0 Å². The molecule has 0 radical (unpaired) electrons. The van der Waals surface area contributed by atoms with Crippen molar-refractivity contribution < 1.29 is 0 Å². The van der Waals surface area contributed by atoms with Crippen LogP contribution in [0.5, 0.6) is 0 Å². The standard InChI is InChI=1S/C10H17N3/c1-4-5-13-7-11-12-9(13)8-6-10(8,2)3/h7-8H,4-6H2,1-3H3. The highest BCUT2D eigenvalue weighted by Crippen LogP contribution is 2.57. The van der Waals surface area contributed by atoms with Crippen LogP contribution in [0.15, 0.2) is 6.33 Å². The summed E-state index contributed by atoms with van der Waals surface area (Å²) in [5.74, 6) is 1.83. The Bertz CT molecular complexity index is 301. The minimum absolute atomic E-state index is 0.457. The van der Waals surface area contributed by atoms with E-state index in [1.54, 1.807) is 0 Å². The van der Waals surface area contributed by atoms with Crippen molar-refractivity contribution in [3.05, 3.63) is 12.2 Å². The quantitative estimate of drug-likeness (QED) is 0.712. The van der Waals surface area contributed by atoms with Crippen LogP contribution in [-0.4, -0.2) is 14.8 Å². The minimum Gasteiger partial charge on any atom is -0.317 e. The van der Waals surface area contributed by atoms with Crippen molar-refractivity contribution in [3.8, 4) is 0 Å². The molecule has 0 N–H and O–H groups in total. The SMILES string of the molecule is CCCn1cnnc1C1CC1(C)C. The van der Waals surface area contributed by atoms with E-state index in [0.29, 0.717) is 11.3 Å². The van der Waals surface area contributed by atoms with E-state index in [0.717, 1.165) is 13.0 Å². The molecule has 0 spiro atoms. The third-order valence-corrected chi connectivity index (χ3v) is 2.94. The largest absolute Gasteiger partial charge is 0.317 e. The molecule has 13 heavy (non-hydrogen) atoms. The molecule has 2 rings (SSSR count). The lowest BCUT2D eigenvalue weighted by atomic mass is 10.1. The van der Waals surface area contributed by atoms with Gasteiger partial charge in [-0.1, -0.05) is 20.8 Å². The molecular formula is C10H17N3. The molecule has 1 atom stereocenters. The van der Waals surface area contributed by atoms with Gasteiger partial charge in [-0.15, -0.1) is 10.2 Å². The third-order valence-electron chi connectivity index (χ3n) is 2.94. The maximum absolute atomic E-state index is 4.21. The van der Waals surface area contributed by atoms with Crippen molar-refractivity contribution in [1.29, 1.82) is 0 Å². The Morgan fingerprint density at radius 1 is 1.62 bits per heavy atom. The third kappa shape index (κ3) is 1.47. The Kier molecular flexibility index (Phi) is 1.90. The van der Waals surface area contributed by atoms with Crippen molar-refractivity contribution in [2.75, 3.05) is 0 Å². The summed E-state index contributed by atoms with van der Waals surface area (Å²) in [4.78, 5) is 0. The van der Waals surface area contributed by atoms with Crippen LogP contribution in [-0.2, 0) is 6.54 Å². The maximum atomic E-state index is 4.21. The van der Waals surface area contributed by atoms with E-state index in [-0.39, 0.29) is 0 Å². The van der Waals surface area contributed by atoms with Gasteiger partial charge in [0.15, 0.2) is 0 Å². The molecule has 1 aromatic rings. The van der Waals surface area contributed by atoms with Gasteiger partial charge in [0.2, 0.25) is 0 Å². The smallest absolute Gasteiger partial charge is 0.136 e. The van der Waals surface area contributed by atoms with Gasteiger partial charge in [0.25, 0.3) is 0 Å². The molecule has 0 saturated heterocycles. The molecule has 3 nitrogen and oxygen atoms in total. The summed E-state index contributed by atoms with van der Waals surface area (Å²) >= 11 is 0. The van der Waals surface area contributed by atoms with E-state index in [1.165, 1.54) is 12.2 Å². The summed E-state index contributed by atoms with van der Waals surface area (Å²) < 4.78 is 2.19. The molecule has 1 aromatic heterocycles. The summed E-state index contributed by atoms with van der Waals surface area (Å²) in [5, 5.41) is 8.19. The summed E-state index contributed by atoms with van der Waals surface area (Å²) in [6.45, 7) is 7.82. The Labute approximate surface area is 79.2 Å². The lowest BCUT2D eigenvalue weighted by Gasteiger charge is -2.05. The van der Waals surface area contributed by atoms with E-state index in [2.05, 4.69) is 35.5 Å². The molecule has 1 fully saturated rings. The van der Waals surface area contributed by atoms with Crippen molar-refractivity contribution in [3.63, 3.8) is 0 Å². The summed E-state index contributed by atoms with van der Waals surface area (Å²) in [6, 6.07) is 0. The molecule has 1 aliphatic carbocycles. The first kappa shape index (κ1) is 8.73. The normalized spacial score (nSPS) is 24.7. The van der Waals surface area contributed by atoms with Crippen molar-refractivity contribution in [1.82, 2.24) is 14.8 Å². The molecular weight excluding hydrogens is 162 g/mol. The topological polar surface area (TPSA) is 30.7 Å². The predicted octanol–water partition coefficient (Wildman–Crippen LogP) is 2.20. The van der Waals surface area contributed by atoms with Gasteiger partial charge in [-0.25, -0.2) is 0 Å². The molecule has 1 unspecified atom stereocenters. The Balaban J connectivity index is 2.17. The highest BCUT2D eigenvalue weighted by Gasteiger charge is 2.49. The summed E-state index contributed by atoms with van der Waals surface area (Å²) in [5.41, 5.74) is 0.457. The second kappa shape index (κ2) is 2.82. The van der Waals surface area contributed by atoms with Gasteiger partial charge in [-0.2, -0.15) is 0 Å². The fourth-order valence-corrected chi connectivity index (χ4v) is 1.85. The van der Waals surface area contributed by atoms with Crippen LogP contribution in [0, 0.1) is 5.41 Å². The molecule has 0 bridgehead atoms. The Hall–Kier alpha value is -0.860. The van der Waals surface area contributed by atoms with Crippen LogP contribution in [0.25, 0.3) is 0 Å². The Morgan fingerprint density at radius 3 is 2.85 bits per heavy atom. The highest BCUT2D eigenvalue weighted by atomic mass is 15.3. The molecule has 0 aromatic carbocycles. The highest BCUT2D eigenvalue weighted by molar-refractivity contribution is 5.15. The van der Waals surface area contributed by atoms with Gasteiger partial charge in [-0.05, 0) is 18.3 Å². The minimum atomic E-state index is 0.457. The molecule has 3 heteroatoms. The Morgan fingerprint density at radius 2 is 2.31 bits per heavy atom. The van der Waals surface area contributed by atoms with E-state index in [1.807, 2.05) is 6.33 Å². The van der Waals surface area contributed by atoms with Crippen LogP contribution >= 0.6 is 0 Å². The number of aryl methyl sites for hydroxylation is 1. The van der Waals surface area contributed by atoms with E-state index in [9.17, 15) is 0 Å². The molecule has 0 amide bonds. The van der Waals surface area contributed by atoms with Crippen LogP contribution in [0.4, 0.5) is 0 Å². The van der Waals surface area contributed by atoms with Gasteiger partial charge in [0, 0.05) is 12.5 Å². The average Bonchev–Trinajstić information content (AvgIpc) is 2.52. The van der Waals surface area contributed by atoms with Crippen molar-refractivity contribution in [2.45, 2.75) is 46.1 Å². The molecule has 1 saturated carbocycles. The van der Waals surface area contributed by atoms with Crippen molar-refractivity contribution in [2.24, 2.45) is 5.41 Å². The summed E-state index contributed by atoms with van der Waals surface area (Å²) in [7, 11) is 0. The first-order valence-corrected chi connectivity index (χ1v) is 5.03. The predicted molar refractivity (Wildman–Crippen MR) is 51.5 cm³/mol. The number of hydrogen-bond donors (Lipinski definition) is 0. The van der Waals surface area contributed by atoms with Gasteiger partial charge < -0.3 is 4.57 Å². The molecule has 1 aliphatic rings. The second-order valence-electron chi connectivity index (χ2n) is 4.63. The first-order chi connectivity index (χ1) is 6.15. The van der Waals surface area contributed by atoms with Gasteiger partial charge in [0.05, 0.1) is 0 Å². The number of rotatable bonds is 3. The molecule has 0 aliphatic heterocycles. The lowest BCUT2D eigenvalue weighted by molar-refractivity contribution is 0.572. The fourth-order valence-electron chi connectivity index (χ4n) is 1.85. The number of nitrogens with zero attached hydrogens (tertiary/aromatic N) is 3. The molecule has 72 valence electrons. The zero-order valence-electron chi connectivity index (χ0n) is 8.62. The number of hydrogen-bond acceptors (Lipinski definition) is 2. The summed E-state index contributed by atoms with van der Waals surface area (Å²) in [6.07, 6.45) is 4.26. The van der Waals surface area contributed by atoms with Gasteiger partial charge in [0.1, 0.15) is 12.2 Å². The fraction of sp³-hybridized carbons (Fsp3) is 0.800. The lowest BCUT2D eigenvalue weighted by Crippen LogP contribution is -2.03. The monoisotopic (exact) mass is 179 g/mol. The second-order valence-corrected chi connectivity index (χ2v) is 4.63. The average molecular weight is 179 g/mol. The first-order valence-electron chi connectivity index (χ1n) is 5.03. The van der Waals surface area contributed by atoms with E-state index in [4.69, 9.17) is 0 Å². The van der Waals surface area contributed by atoms with Gasteiger partial charge in [-0.3, -0.25) is 0 Å². The zero-order valence-corrected chi connectivity index (χ0v) is 8.62. The van der Waals surface area contributed by atoms with Crippen LogP contribution in [0.3, 0.4) is 0 Å². The number of aromatic nitrogens is 3. The van der Waals surface area contributed by atoms with E-state index < -0.39 is 0 Å². The van der Waals surface area contributed by atoms with Crippen LogP contribution in [0.2, 0.25) is 0 Å². The maximum Gasteiger partial charge on any atom is 0.136 e.